The Bertz CT molecular complexity index is 504. The summed E-state index contributed by atoms with van der Waals surface area (Å²) in [6, 6.07) is 1.36. The summed E-state index contributed by atoms with van der Waals surface area (Å²) >= 11 is 11.9. The first-order chi connectivity index (χ1) is 8.84. The fraction of sp³-hybridized carbons (Fsp3) is 0.400. The Labute approximate surface area is 129 Å². The van der Waals surface area contributed by atoms with Crippen LogP contribution in [-0.2, 0) is 0 Å². The van der Waals surface area contributed by atoms with Crippen LogP contribution in [0.4, 0.5) is 14.5 Å². The van der Waals surface area contributed by atoms with Gasteiger partial charge in [-0.15, -0.1) is 20.4 Å². The highest BCUT2D eigenvalue weighted by molar-refractivity contribution is 9.11. The van der Waals surface area contributed by atoms with Gasteiger partial charge in [0.1, 0.15) is 0 Å². The van der Waals surface area contributed by atoms with Gasteiger partial charge in [-0.1, -0.05) is 0 Å². The highest BCUT2D eigenvalue weighted by atomic mass is 79.9. The Morgan fingerprint density at radius 1 is 1.42 bits per heavy atom. The number of anilines is 1. The second-order valence-electron chi connectivity index (χ2n) is 3.73. The molecule has 19 heavy (non-hydrogen) atoms. The molecule has 1 atom stereocenters. The second kappa shape index (κ2) is 5.59. The van der Waals surface area contributed by atoms with E-state index in [1.54, 1.807) is 0 Å². The van der Waals surface area contributed by atoms with Crippen molar-refractivity contribution in [3.8, 4) is 11.5 Å². The lowest BCUT2D eigenvalue weighted by Crippen LogP contribution is -2.26. The van der Waals surface area contributed by atoms with Crippen LogP contribution in [0, 0.1) is 0 Å². The first-order valence-corrected chi connectivity index (χ1v) is 7.22. The molecule has 0 spiro atoms. The van der Waals surface area contributed by atoms with Gasteiger partial charge >= 0.3 is 6.29 Å². The lowest BCUT2D eigenvalue weighted by molar-refractivity contribution is -0.286. The van der Waals surface area contributed by atoms with Gasteiger partial charge in [0, 0.05) is 17.1 Å². The lowest BCUT2D eigenvalue weighted by atomic mass is 10.2. The molecule has 1 aromatic carbocycles. The van der Waals surface area contributed by atoms with E-state index in [1.165, 1.54) is 6.07 Å². The van der Waals surface area contributed by atoms with Crippen LogP contribution in [0.25, 0.3) is 0 Å². The molecular formula is C10H8Br2ClF2NO3. The van der Waals surface area contributed by atoms with Crippen molar-refractivity contribution in [2.24, 2.45) is 0 Å². The molecule has 4 nitrogen and oxygen atoms in total. The maximum absolute atomic E-state index is 13.0. The third-order valence-corrected chi connectivity index (χ3v) is 4.02. The van der Waals surface area contributed by atoms with E-state index in [0.717, 1.165) is 0 Å². The van der Waals surface area contributed by atoms with Crippen molar-refractivity contribution >= 4 is 49.1 Å². The van der Waals surface area contributed by atoms with Crippen LogP contribution in [0.15, 0.2) is 15.0 Å². The van der Waals surface area contributed by atoms with Crippen molar-refractivity contribution in [3.63, 3.8) is 0 Å². The van der Waals surface area contributed by atoms with Crippen LogP contribution in [-0.4, -0.2) is 29.9 Å². The highest BCUT2D eigenvalue weighted by Gasteiger charge is 2.45. The summed E-state index contributed by atoms with van der Waals surface area (Å²) in [5, 5.41) is 12.3. The Morgan fingerprint density at radius 2 is 2.11 bits per heavy atom. The zero-order chi connectivity index (χ0) is 14.2. The normalized spacial score (nSPS) is 17.4. The molecule has 9 heteroatoms. The Kier molecular flexibility index (Phi) is 4.44. The van der Waals surface area contributed by atoms with Crippen molar-refractivity contribution in [2.75, 3.05) is 17.7 Å². The maximum Gasteiger partial charge on any atom is 0.586 e. The molecule has 0 saturated carbocycles. The summed E-state index contributed by atoms with van der Waals surface area (Å²) in [5.74, 6) is -0.117. The first-order valence-electron chi connectivity index (χ1n) is 5.10. The molecule has 106 valence electrons. The van der Waals surface area contributed by atoms with Crippen molar-refractivity contribution in [3.05, 3.63) is 15.0 Å². The van der Waals surface area contributed by atoms with Crippen molar-refractivity contribution in [2.45, 2.75) is 12.4 Å². The van der Waals surface area contributed by atoms with Gasteiger partial charge in [-0.05, 0) is 31.9 Å². The highest BCUT2D eigenvalue weighted by Crippen LogP contribution is 2.51. The van der Waals surface area contributed by atoms with Crippen molar-refractivity contribution in [1.82, 2.24) is 0 Å². The first kappa shape index (κ1) is 15.1. The number of alkyl halides is 3. The molecule has 1 unspecified atom stereocenters. The zero-order valence-electron chi connectivity index (χ0n) is 9.22. The molecule has 0 radical (unpaired) electrons. The van der Waals surface area contributed by atoms with Crippen LogP contribution in [0.5, 0.6) is 11.5 Å². The average molecular weight is 423 g/mol. The molecule has 0 aromatic heterocycles. The molecule has 0 aliphatic carbocycles. The number of fused-ring (bicyclic) bond motifs is 1. The zero-order valence-corrected chi connectivity index (χ0v) is 13.2. The van der Waals surface area contributed by atoms with E-state index in [2.05, 4.69) is 46.7 Å². The summed E-state index contributed by atoms with van der Waals surface area (Å²) in [7, 11) is 0. The predicted molar refractivity (Wildman–Crippen MR) is 73.3 cm³/mol. The Balaban J connectivity index is 2.27. The number of aliphatic hydroxyl groups excluding tert-OH is 1. The van der Waals surface area contributed by atoms with E-state index < -0.39 is 12.4 Å². The predicted octanol–water partition coefficient (Wildman–Crippen LogP) is 3.54. The minimum Gasteiger partial charge on any atom is -0.395 e. The third kappa shape index (κ3) is 3.24. The molecule has 2 N–H and O–H groups in total. The van der Waals surface area contributed by atoms with E-state index in [1.807, 2.05) is 0 Å². The standard InChI is InChI=1S/C10H8Br2ClF2NO3/c11-5-1-6-9(19-10(14,15)18-6)7(12)8(5)16-3-4(17)2-13/h1,4,16-17H,2-3H2. The maximum atomic E-state index is 13.0. The fourth-order valence-corrected chi connectivity index (χ4v) is 3.01. The van der Waals surface area contributed by atoms with Gasteiger partial charge in [0.05, 0.1) is 22.1 Å². The summed E-state index contributed by atoms with van der Waals surface area (Å²) in [6.07, 6.45) is -4.44. The summed E-state index contributed by atoms with van der Waals surface area (Å²) < 4.78 is 35.5. The van der Waals surface area contributed by atoms with Gasteiger partial charge in [0.15, 0.2) is 11.5 Å². The molecule has 2 rings (SSSR count). The second-order valence-corrected chi connectivity index (χ2v) is 5.69. The van der Waals surface area contributed by atoms with E-state index >= 15 is 0 Å². The van der Waals surface area contributed by atoms with E-state index in [4.69, 9.17) is 11.6 Å². The topological polar surface area (TPSA) is 50.7 Å². The largest absolute Gasteiger partial charge is 0.586 e. The van der Waals surface area contributed by atoms with Gasteiger partial charge in [-0.3, -0.25) is 0 Å². The fourth-order valence-electron chi connectivity index (χ4n) is 1.45. The number of rotatable bonds is 4. The minimum absolute atomic E-state index is 0.0604. The molecule has 1 aromatic rings. The number of ether oxygens (including phenoxy) is 2. The van der Waals surface area contributed by atoms with Gasteiger partial charge in [-0.25, -0.2) is 0 Å². The van der Waals surface area contributed by atoms with Crippen molar-refractivity contribution < 1.29 is 23.4 Å². The minimum atomic E-state index is -3.68. The number of benzene rings is 1. The Hall–Kier alpha value is -0.310. The quantitative estimate of drug-likeness (QED) is 0.728. The molecule has 1 aliphatic rings. The van der Waals surface area contributed by atoms with E-state index in [-0.39, 0.29) is 28.4 Å². The number of halogens is 5. The third-order valence-electron chi connectivity index (χ3n) is 2.28. The van der Waals surface area contributed by atoms with Crippen LogP contribution in [0.1, 0.15) is 0 Å². The number of aliphatic hydroxyl groups is 1. The van der Waals surface area contributed by atoms with Gasteiger partial charge in [-0.2, -0.15) is 0 Å². The van der Waals surface area contributed by atoms with Gasteiger partial charge in [0.2, 0.25) is 0 Å². The van der Waals surface area contributed by atoms with Crippen LogP contribution in [0.3, 0.4) is 0 Å². The van der Waals surface area contributed by atoms with Crippen LogP contribution >= 0.6 is 43.5 Å². The molecular weight excluding hydrogens is 415 g/mol. The average Bonchev–Trinajstić information content (AvgIpc) is 2.63. The molecule has 0 bridgehead atoms. The molecule has 0 saturated heterocycles. The SMILES string of the molecule is OC(CCl)CNc1c(Br)cc2c(c1Br)OC(F)(F)O2. The molecule has 0 fully saturated rings. The van der Waals surface area contributed by atoms with Gasteiger partial charge < -0.3 is 19.9 Å². The monoisotopic (exact) mass is 421 g/mol. The summed E-state index contributed by atoms with van der Waals surface area (Å²) in [5.41, 5.74) is 0.462. The summed E-state index contributed by atoms with van der Waals surface area (Å²) in [4.78, 5) is 0. The van der Waals surface area contributed by atoms with Gasteiger partial charge in [0.25, 0.3) is 0 Å². The lowest BCUT2D eigenvalue weighted by Gasteiger charge is -2.14. The van der Waals surface area contributed by atoms with Crippen LogP contribution < -0.4 is 14.8 Å². The smallest absolute Gasteiger partial charge is 0.395 e. The van der Waals surface area contributed by atoms with E-state index in [0.29, 0.717) is 10.2 Å². The van der Waals surface area contributed by atoms with Crippen LogP contribution in [0.2, 0.25) is 0 Å². The number of hydrogen-bond donors (Lipinski definition) is 2. The molecule has 0 amide bonds. The molecule has 1 aliphatic heterocycles. The number of nitrogens with one attached hydrogen (secondary N) is 1. The molecule has 1 heterocycles. The van der Waals surface area contributed by atoms with E-state index in [9.17, 15) is 13.9 Å². The van der Waals surface area contributed by atoms with Crippen molar-refractivity contribution in [1.29, 1.82) is 0 Å². The summed E-state index contributed by atoms with van der Waals surface area (Å²) in [6.45, 7) is 0.163. The number of hydrogen-bond acceptors (Lipinski definition) is 4. The Morgan fingerprint density at radius 3 is 2.74 bits per heavy atom.